The van der Waals surface area contributed by atoms with Crippen LogP contribution in [0, 0.1) is 0 Å². The van der Waals surface area contributed by atoms with Crippen molar-refractivity contribution in [1.82, 2.24) is 9.88 Å². The highest BCUT2D eigenvalue weighted by Gasteiger charge is 2.10. The molecule has 0 spiro atoms. The number of nitrogens with one attached hydrogen (secondary N) is 1. The second kappa shape index (κ2) is 7.45. The fourth-order valence-corrected chi connectivity index (χ4v) is 1.66. The maximum atomic E-state index is 11.8. The van der Waals surface area contributed by atoms with E-state index in [4.69, 9.17) is 10.5 Å². The standard InChI is InChI=1S/C13H22N4O2/c1-4-17(5-2)12(18)9-15-11-8-7-10(14)13(16-11)19-6-3/h7-8H,4-6,9,14H2,1-3H3,(H,15,16). The number of pyridine rings is 1. The van der Waals surface area contributed by atoms with Gasteiger partial charge in [-0.1, -0.05) is 0 Å². The summed E-state index contributed by atoms with van der Waals surface area (Å²) in [6, 6.07) is 3.44. The summed E-state index contributed by atoms with van der Waals surface area (Å²) in [7, 11) is 0. The summed E-state index contributed by atoms with van der Waals surface area (Å²) >= 11 is 0. The van der Waals surface area contributed by atoms with Crippen molar-refractivity contribution in [3.63, 3.8) is 0 Å². The van der Waals surface area contributed by atoms with E-state index >= 15 is 0 Å². The fraction of sp³-hybridized carbons (Fsp3) is 0.538. The fourth-order valence-electron chi connectivity index (χ4n) is 1.66. The minimum atomic E-state index is 0.0431. The molecule has 0 bridgehead atoms. The van der Waals surface area contributed by atoms with E-state index in [1.807, 2.05) is 20.8 Å². The van der Waals surface area contributed by atoms with E-state index in [-0.39, 0.29) is 12.5 Å². The van der Waals surface area contributed by atoms with E-state index in [9.17, 15) is 4.79 Å². The summed E-state index contributed by atoms with van der Waals surface area (Å²) in [6.07, 6.45) is 0. The SMILES string of the molecule is CCOc1nc(NCC(=O)N(CC)CC)ccc1N. The quantitative estimate of drug-likeness (QED) is 0.778. The van der Waals surface area contributed by atoms with Crippen LogP contribution in [0.3, 0.4) is 0 Å². The number of hydrogen-bond donors (Lipinski definition) is 2. The molecule has 0 saturated carbocycles. The molecule has 1 heterocycles. The van der Waals surface area contributed by atoms with E-state index in [1.54, 1.807) is 17.0 Å². The first-order chi connectivity index (χ1) is 9.12. The molecule has 0 aromatic carbocycles. The van der Waals surface area contributed by atoms with Crippen molar-refractivity contribution in [3.8, 4) is 5.88 Å². The van der Waals surface area contributed by atoms with Crippen LogP contribution in [0.2, 0.25) is 0 Å². The molecule has 19 heavy (non-hydrogen) atoms. The number of ether oxygens (including phenoxy) is 1. The number of carbonyl (C=O) groups is 1. The molecule has 1 rings (SSSR count). The van der Waals surface area contributed by atoms with Crippen molar-refractivity contribution >= 4 is 17.4 Å². The highest BCUT2D eigenvalue weighted by molar-refractivity contribution is 5.80. The number of anilines is 2. The lowest BCUT2D eigenvalue weighted by Gasteiger charge is -2.19. The van der Waals surface area contributed by atoms with Gasteiger partial charge in [0.1, 0.15) is 5.82 Å². The van der Waals surface area contributed by atoms with E-state index in [1.165, 1.54) is 0 Å². The minimum Gasteiger partial charge on any atom is -0.476 e. The van der Waals surface area contributed by atoms with Crippen LogP contribution < -0.4 is 15.8 Å². The van der Waals surface area contributed by atoms with Gasteiger partial charge in [0, 0.05) is 13.1 Å². The normalized spacial score (nSPS) is 10.1. The molecule has 0 unspecified atom stereocenters. The first-order valence-electron chi connectivity index (χ1n) is 6.53. The Morgan fingerprint density at radius 1 is 1.37 bits per heavy atom. The Labute approximate surface area is 113 Å². The number of amides is 1. The number of carbonyl (C=O) groups excluding carboxylic acids is 1. The van der Waals surface area contributed by atoms with Crippen molar-refractivity contribution < 1.29 is 9.53 Å². The zero-order chi connectivity index (χ0) is 14.3. The van der Waals surface area contributed by atoms with Gasteiger partial charge in [0.2, 0.25) is 11.8 Å². The monoisotopic (exact) mass is 266 g/mol. The van der Waals surface area contributed by atoms with E-state index in [0.29, 0.717) is 37.1 Å². The largest absolute Gasteiger partial charge is 0.476 e. The van der Waals surface area contributed by atoms with Gasteiger partial charge in [0.25, 0.3) is 0 Å². The molecule has 6 nitrogen and oxygen atoms in total. The molecule has 1 amide bonds. The molecular weight excluding hydrogens is 244 g/mol. The summed E-state index contributed by atoms with van der Waals surface area (Å²) in [5.74, 6) is 1.02. The molecule has 3 N–H and O–H groups in total. The predicted octanol–water partition coefficient (Wildman–Crippen LogP) is 1.34. The Bertz CT molecular complexity index is 419. The molecular formula is C13H22N4O2. The van der Waals surface area contributed by atoms with Crippen molar-refractivity contribution in [2.24, 2.45) is 0 Å². The molecule has 0 atom stereocenters. The van der Waals surface area contributed by atoms with Gasteiger partial charge in [0.05, 0.1) is 18.8 Å². The van der Waals surface area contributed by atoms with Gasteiger partial charge < -0.3 is 20.7 Å². The highest BCUT2D eigenvalue weighted by Crippen LogP contribution is 2.20. The highest BCUT2D eigenvalue weighted by atomic mass is 16.5. The van der Waals surface area contributed by atoms with E-state index < -0.39 is 0 Å². The van der Waals surface area contributed by atoms with Gasteiger partial charge in [-0.15, -0.1) is 0 Å². The van der Waals surface area contributed by atoms with Crippen LogP contribution in [0.1, 0.15) is 20.8 Å². The number of nitrogens with two attached hydrogens (primary N) is 1. The first-order valence-corrected chi connectivity index (χ1v) is 6.53. The number of rotatable bonds is 7. The second-order valence-electron chi connectivity index (χ2n) is 3.94. The Morgan fingerprint density at radius 2 is 2.05 bits per heavy atom. The third-order valence-corrected chi connectivity index (χ3v) is 2.71. The molecule has 0 aliphatic heterocycles. The van der Waals surface area contributed by atoms with Crippen LogP contribution in [0.15, 0.2) is 12.1 Å². The molecule has 1 aromatic heterocycles. The third-order valence-electron chi connectivity index (χ3n) is 2.71. The number of nitrogen functional groups attached to an aromatic ring is 1. The van der Waals surface area contributed by atoms with Crippen LogP contribution in [0.5, 0.6) is 5.88 Å². The second-order valence-corrected chi connectivity index (χ2v) is 3.94. The first kappa shape index (κ1) is 15.1. The lowest BCUT2D eigenvalue weighted by Crippen LogP contribution is -2.35. The van der Waals surface area contributed by atoms with Gasteiger partial charge in [0.15, 0.2) is 0 Å². The molecule has 6 heteroatoms. The topological polar surface area (TPSA) is 80.5 Å². The summed E-state index contributed by atoms with van der Waals surface area (Å²) in [5, 5.41) is 2.98. The van der Waals surface area contributed by atoms with E-state index in [0.717, 1.165) is 0 Å². The van der Waals surface area contributed by atoms with Crippen molar-refractivity contribution in [2.45, 2.75) is 20.8 Å². The zero-order valence-corrected chi connectivity index (χ0v) is 11.8. The van der Waals surface area contributed by atoms with Crippen LogP contribution in [0.25, 0.3) is 0 Å². The lowest BCUT2D eigenvalue weighted by atomic mass is 10.4. The van der Waals surface area contributed by atoms with Crippen LogP contribution >= 0.6 is 0 Å². The lowest BCUT2D eigenvalue weighted by molar-refractivity contribution is -0.128. The molecule has 106 valence electrons. The van der Waals surface area contributed by atoms with Gasteiger partial charge in [-0.05, 0) is 32.9 Å². The Hall–Kier alpha value is -1.98. The van der Waals surface area contributed by atoms with Crippen molar-refractivity contribution in [2.75, 3.05) is 37.3 Å². The maximum Gasteiger partial charge on any atom is 0.241 e. The number of hydrogen-bond acceptors (Lipinski definition) is 5. The van der Waals surface area contributed by atoms with Gasteiger partial charge >= 0.3 is 0 Å². The Morgan fingerprint density at radius 3 is 2.63 bits per heavy atom. The summed E-state index contributed by atoms with van der Waals surface area (Å²) in [5.41, 5.74) is 6.22. The molecule has 0 radical (unpaired) electrons. The van der Waals surface area contributed by atoms with Gasteiger partial charge in [-0.2, -0.15) is 4.98 Å². The van der Waals surface area contributed by atoms with Crippen LogP contribution in [0.4, 0.5) is 11.5 Å². The zero-order valence-electron chi connectivity index (χ0n) is 11.8. The van der Waals surface area contributed by atoms with Crippen LogP contribution in [-0.4, -0.2) is 42.0 Å². The maximum absolute atomic E-state index is 11.8. The molecule has 0 saturated heterocycles. The average Bonchev–Trinajstić information content (AvgIpc) is 2.41. The van der Waals surface area contributed by atoms with Crippen LogP contribution in [-0.2, 0) is 4.79 Å². The smallest absolute Gasteiger partial charge is 0.241 e. The Kier molecular flexibility index (Phi) is 5.92. The Balaban J connectivity index is 2.62. The number of likely N-dealkylation sites (N-methyl/N-ethyl adjacent to an activating group) is 1. The molecule has 1 aromatic rings. The summed E-state index contributed by atoms with van der Waals surface area (Å²) in [6.45, 7) is 7.90. The summed E-state index contributed by atoms with van der Waals surface area (Å²) < 4.78 is 5.30. The van der Waals surface area contributed by atoms with Gasteiger partial charge in [-0.25, -0.2) is 0 Å². The summed E-state index contributed by atoms with van der Waals surface area (Å²) in [4.78, 5) is 17.8. The minimum absolute atomic E-state index is 0.0431. The molecule has 0 aliphatic rings. The average molecular weight is 266 g/mol. The van der Waals surface area contributed by atoms with Crippen molar-refractivity contribution in [3.05, 3.63) is 12.1 Å². The predicted molar refractivity (Wildman–Crippen MR) is 76.2 cm³/mol. The van der Waals surface area contributed by atoms with Crippen molar-refractivity contribution in [1.29, 1.82) is 0 Å². The molecule has 0 aliphatic carbocycles. The number of nitrogens with zero attached hydrogens (tertiary/aromatic N) is 2. The van der Waals surface area contributed by atoms with E-state index in [2.05, 4.69) is 10.3 Å². The molecule has 0 fully saturated rings. The third kappa shape index (κ3) is 4.31. The number of aromatic nitrogens is 1. The van der Waals surface area contributed by atoms with Gasteiger partial charge in [-0.3, -0.25) is 4.79 Å².